The first-order chi connectivity index (χ1) is 17.1. The van der Waals surface area contributed by atoms with Gasteiger partial charge >= 0.3 is 9.76 Å². The Bertz CT molecular complexity index is 829. The normalized spacial score (nSPS) is 15.1. The molecule has 2 aromatic heterocycles. The monoisotopic (exact) mass is 495 g/mol. The molecule has 6 heteroatoms. The van der Waals surface area contributed by atoms with Crippen molar-refractivity contribution in [3.05, 3.63) is 30.7 Å². The zero-order valence-corrected chi connectivity index (χ0v) is 23.2. The molecule has 0 amide bonds. The van der Waals surface area contributed by atoms with Crippen LogP contribution in [-0.2, 0) is 0 Å². The Labute approximate surface area is 215 Å². The van der Waals surface area contributed by atoms with Gasteiger partial charge in [0, 0.05) is 0 Å². The van der Waals surface area contributed by atoms with E-state index in [1.807, 2.05) is 12.1 Å². The number of rotatable bonds is 19. The molecule has 0 aliphatic heterocycles. The molecule has 0 aromatic carbocycles. The highest BCUT2D eigenvalue weighted by molar-refractivity contribution is 6.28. The third kappa shape index (κ3) is 11.6. The summed E-state index contributed by atoms with van der Waals surface area (Å²) in [5.41, 5.74) is 1.51. The summed E-state index contributed by atoms with van der Waals surface area (Å²) in [5, 5.41) is 0. The molecule has 2 radical (unpaired) electrons. The van der Waals surface area contributed by atoms with Gasteiger partial charge in [-0.05, 0) is 42.4 Å². The molecule has 0 saturated heterocycles. The summed E-state index contributed by atoms with van der Waals surface area (Å²) in [7, 11) is 0.404. The van der Waals surface area contributed by atoms with E-state index < -0.39 is 0 Å². The summed E-state index contributed by atoms with van der Waals surface area (Å²) >= 11 is 0. The first-order valence-corrected chi connectivity index (χ1v) is 15.1. The van der Waals surface area contributed by atoms with Gasteiger partial charge in [-0.3, -0.25) is 9.97 Å². The number of ether oxygens (including phenoxy) is 1. The predicted octanol–water partition coefficient (Wildman–Crippen LogP) is 7.94. The lowest BCUT2D eigenvalue weighted by molar-refractivity contribution is 0.303. The van der Waals surface area contributed by atoms with Crippen LogP contribution < -0.4 is 9.16 Å². The molecule has 1 fully saturated rings. The van der Waals surface area contributed by atoms with Crippen LogP contribution in [0.5, 0.6) is 11.6 Å². The van der Waals surface area contributed by atoms with E-state index in [9.17, 15) is 0 Å². The SMILES string of the molecule is CCCCC(C)CCC(C)C[Si]Oc1cncc(-c2ccc(OCCCCCCC3CC3)cn2)n1. The van der Waals surface area contributed by atoms with Crippen molar-refractivity contribution in [1.29, 1.82) is 0 Å². The van der Waals surface area contributed by atoms with Crippen LogP contribution in [0.1, 0.15) is 97.8 Å². The number of pyridine rings is 1. The zero-order valence-electron chi connectivity index (χ0n) is 22.2. The molecule has 2 unspecified atom stereocenters. The molecule has 2 heterocycles. The van der Waals surface area contributed by atoms with Crippen LogP contribution in [0.2, 0.25) is 6.04 Å². The Hall–Kier alpha value is -1.95. The smallest absolute Gasteiger partial charge is 0.313 e. The number of hydrogen-bond acceptors (Lipinski definition) is 5. The van der Waals surface area contributed by atoms with Gasteiger partial charge in [0.25, 0.3) is 0 Å². The van der Waals surface area contributed by atoms with Crippen LogP contribution in [-0.4, -0.2) is 31.3 Å². The number of hydrogen-bond donors (Lipinski definition) is 0. The first kappa shape index (κ1) is 27.6. The van der Waals surface area contributed by atoms with Crippen LogP contribution in [0.25, 0.3) is 11.4 Å². The molecule has 3 rings (SSSR count). The molecule has 2 atom stereocenters. The largest absolute Gasteiger partial charge is 0.527 e. The summed E-state index contributed by atoms with van der Waals surface area (Å²) in [6, 6.07) is 4.98. The maximum atomic E-state index is 5.95. The summed E-state index contributed by atoms with van der Waals surface area (Å²) < 4.78 is 11.8. The fourth-order valence-corrected chi connectivity index (χ4v) is 5.07. The molecule has 1 saturated carbocycles. The molecule has 0 bridgehead atoms. The maximum absolute atomic E-state index is 5.95. The van der Waals surface area contributed by atoms with Gasteiger partial charge in [-0.15, -0.1) is 0 Å². The van der Waals surface area contributed by atoms with Crippen LogP contribution in [0.4, 0.5) is 0 Å². The maximum Gasteiger partial charge on any atom is 0.313 e. The van der Waals surface area contributed by atoms with E-state index in [-0.39, 0.29) is 0 Å². The second kappa shape index (κ2) is 15.9. The van der Waals surface area contributed by atoms with Gasteiger partial charge in [0.15, 0.2) is 0 Å². The highest BCUT2D eigenvalue weighted by Crippen LogP contribution is 2.34. The molecule has 2 aromatic rings. The van der Waals surface area contributed by atoms with Gasteiger partial charge < -0.3 is 9.16 Å². The standard InChI is InChI=1S/C29H45N3O2Si/c1-4-5-10-23(2)12-13-24(3)22-35-34-29-21-30-20-28(32-29)27-17-16-26(19-31-27)33-18-9-7-6-8-11-25-14-15-25/h16-17,19-21,23-25H,4-15,18,22H2,1-3H3. The van der Waals surface area contributed by atoms with Gasteiger partial charge in [0.1, 0.15) is 11.4 Å². The lowest BCUT2D eigenvalue weighted by Gasteiger charge is -2.15. The molecule has 0 spiro atoms. The second-order valence-corrected chi connectivity index (χ2v) is 11.4. The zero-order chi connectivity index (χ0) is 24.7. The van der Waals surface area contributed by atoms with Gasteiger partial charge in [0.2, 0.25) is 5.88 Å². The lowest BCUT2D eigenvalue weighted by Crippen LogP contribution is -2.09. The summed E-state index contributed by atoms with van der Waals surface area (Å²) in [5.74, 6) is 3.94. The lowest BCUT2D eigenvalue weighted by atomic mass is 9.95. The van der Waals surface area contributed by atoms with Gasteiger partial charge in [0.05, 0.1) is 30.9 Å². The van der Waals surface area contributed by atoms with Crippen molar-refractivity contribution in [3.8, 4) is 23.0 Å². The molecule has 35 heavy (non-hydrogen) atoms. The van der Waals surface area contributed by atoms with Crippen molar-refractivity contribution in [2.75, 3.05) is 6.61 Å². The number of unbranched alkanes of at least 4 members (excludes halogenated alkanes) is 4. The third-order valence-electron chi connectivity index (χ3n) is 6.89. The van der Waals surface area contributed by atoms with Crippen molar-refractivity contribution in [3.63, 3.8) is 0 Å². The Morgan fingerprint density at radius 2 is 1.74 bits per heavy atom. The number of aromatic nitrogens is 3. The van der Waals surface area contributed by atoms with E-state index in [4.69, 9.17) is 9.16 Å². The van der Waals surface area contributed by atoms with Crippen molar-refractivity contribution in [2.24, 2.45) is 17.8 Å². The predicted molar refractivity (Wildman–Crippen MR) is 145 cm³/mol. The average Bonchev–Trinajstić information content (AvgIpc) is 3.71. The van der Waals surface area contributed by atoms with E-state index in [2.05, 4.69) is 35.7 Å². The van der Waals surface area contributed by atoms with Crippen molar-refractivity contribution in [1.82, 2.24) is 15.0 Å². The molecule has 1 aliphatic carbocycles. The summed E-state index contributed by atoms with van der Waals surface area (Å²) in [6.45, 7) is 7.73. The van der Waals surface area contributed by atoms with Gasteiger partial charge in [-0.25, -0.2) is 4.98 Å². The quantitative estimate of drug-likeness (QED) is 0.146. The topological polar surface area (TPSA) is 57.1 Å². The van der Waals surface area contributed by atoms with Crippen molar-refractivity contribution in [2.45, 2.75) is 104 Å². The Kier molecular flexibility index (Phi) is 12.6. The Balaban J connectivity index is 1.33. The van der Waals surface area contributed by atoms with Crippen molar-refractivity contribution < 1.29 is 9.16 Å². The molecule has 5 nitrogen and oxygen atoms in total. The first-order valence-electron chi connectivity index (χ1n) is 13.9. The Morgan fingerprint density at radius 1 is 0.914 bits per heavy atom. The van der Waals surface area contributed by atoms with Gasteiger partial charge in [-0.2, -0.15) is 0 Å². The highest BCUT2D eigenvalue weighted by Gasteiger charge is 2.19. The van der Waals surface area contributed by atoms with Gasteiger partial charge in [-0.1, -0.05) is 91.4 Å². The van der Waals surface area contributed by atoms with E-state index >= 15 is 0 Å². The minimum Gasteiger partial charge on any atom is -0.527 e. The van der Waals surface area contributed by atoms with Crippen LogP contribution >= 0.6 is 0 Å². The molecule has 1 aliphatic rings. The van der Waals surface area contributed by atoms with E-state index in [1.165, 1.54) is 70.6 Å². The summed E-state index contributed by atoms with van der Waals surface area (Å²) in [6.07, 6.45) is 21.2. The molecule has 192 valence electrons. The van der Waals surface area contributed by atoms with Crippen molar-refractivity contribution >= 4 is 9.76 Å². The number of nitrogens with zero attached hydrogens (tertiary/aromatic N) is 3. The fourth-order valence-electron chi connectivity index (χ4n) is 4.25. The minimum atomic E-state index is 0.404. The molecular weight excluding hydrogens is 450 g/mol. The van der Waals surface area contributed by atoms with E-state index in [0.717, 1.165) is 48.0 Å². The third-order valence-corrected chi connectivity index (χ3v) is 8.11. The Morgan fingerprint density at radius 3 is 2.51 bits per heavy atom. The summed E-state index contributed by atoms with van der Waals surface area (Å²) in [4.78, 5) is 13.5. The highest BCUT2D eigenvalue weighted by atomic mass is 28.2. The fraction of sp³-hybridized carbons (Fsp3) is 0.690. The van der Waals surface area contributed by atoms with Crippen LogP contribution in [0, 0.1) is 17.8 Å². The van der Waals surface area contributed by atoms with Crippen LogP contribution in [0.3, 0.4) is 0 Å². The van der Waals surface area contributed by atoms with E-state index in [1.54, 1.807) is 18.6 Å². The average molecular weight is 496 g/mol. The molecular formula is C29H45N3O2Si. The minimum absolute atomic E-state index is 0.404. The second-order valence-electron chi connectivity index (χ2n) is 10.5. The van der Waals surface area contributed by atoms with Crippen LogP contribution in [0.15, 0.2) is 30.7 Å². The molecule has 0 N–H and O–H groups in total. The van der Waals surface area contributed by atoms with E-state index in [0.29, 0.717) is 21.6 Å².